The van der Waals surface area contributed by atoms with Crippen molar-refractivity contribution in [3.8, 4) is 5.75 Å². The Morgan fingerprint density at radius 1 is 1.32 bits per heavy atom. The van der Waals surface area contributed by atoms with Gasteiger partial charge in [-0.3, -0.25) is 9.48 Å². The smallest absolute Gasteiger partial charge is 0.287 e. The number of aryl methyl sites for hydroxylation is 1. The first-order chi connectivity index (χ1) is 12.0. The predicted molar refractivity (Wildman–Crippen MR) is 93.9 cm³/mol. The van der Waals surface area contributed by atoms with Gasteiger partial charge in [0.25, 0.3) is 5.91 Å². The predicted octanol–water partition coefficient (Wildman–Crippen LogP) is 3.83. The molecule has 2 aromatic heterocycles. The highest BCUT2D eigenvalue weighted by Gasteiger charge is 2.12. The molecule has 1 N–H and O–H groups in total. The van der Waals surface area contributed by atoms with E-state index in [1.54, 1.807) is 41.2 Å². The molecule has 0 unspecified atom stereocenters. The van der Waals surface area contributed by atoms with Crippen molar-refractivity contribution in [1.82, 2.24) is 15.1 Å². The average molecular weight is 380 g/mol. The topological polar surface area (TPSA) is 69.3 Å². The molecule has 3 rings (SSSR count). The van der Waals surface area contributed by atoms with Crippen molar-refractivity contribution in [3.05, 3.63) is 69.9 Å². The molecule has 1 amide bonds. The van der Waals surface area contributed by atoms with Gasteiger partial charge in [-0.1, -0.05) is 29.3 Å². The first-order valence-corrected chi connectivity index (χ1v) is 8.20. The third-order valence-electron chi connectivity index (χ3n) is 3.38. The molecule has 3 aromatic rings. The first kappa shape index (κ1) is 17.4. The number of furan rings is 1. The molecule has 0 spiro atoms. The second-order valence-corrected chi connectivity index (χ2v) is 6.10. The molecule has 25 heavy (non-hydrogen) atoms. The minimum absolute atomic E-state index is 0.135. The molecule has 0 bridgehead atoms. The Hall–Kier alpha value is -2.44. The van der Waals surface area contributed by atoms with Gasteiger partial charge in [0.05, 0.1) is 11.2 Å². The van der Waals surface area contributed by atoms with Gasteiger partial charge >= 0.3 is 0 Å². The maximum Gasteiger partial charge on any atom is 0.287 e. The molecule has 0 atom stereocenters. The summed E-state index contributed by atoms with van der Waals surface area (Å²) in [7, 11) is 1.82. The Kier molecular flexibility index (Phi) is 5.31. The molecule has 0 radical (unpaired) electrons. The number of nitrogens with one attached hydrogen (secondary N) is 1. The van der Waals surface area contributed by atoms with Crippen molar-refractivity contribution in [3.63, 3.8) is 0 Å². The number of rotatable bonds is 6. The summed E-state index contributed by atoms with van der Waals surface area (Å²) in [4.78, 5) is 12.1. The van der Waals surface area contributed by atoms with E-state index in [2.05, 4.69) is 10.4 Å². The fourth-order valence-electron chi connectivity index (χ4n) is 2.15. The maximum absolute atomic E-state index is 12.1. The van der Waals surface area contributed by atoms with Gasteiger partial charge in [-0.05, 0) is 24.3 Å². The fourth-order valence-corrected chi connectivity index (χ4v) is 2.50. The lowest BCUT2D eigenvalue weighted by molar-refractivity contribution is 0.0919. The van der Waals surface area contributed by atoms with E-state index < -0.39 is 0 Å². The molecule has 0 aliphatic carbocycles. The monoisotopic (exact) mass is 379 g/mol. The standard InChI is InChI=1S/C17H15Cl2N3O3/c1-22-9-11(8-21-22)7-20-17(23)15-6-5-12(25-15)10-24-14-4-2-3-13(18)16(14)19/h2-6,8-9H,7,10H2,1H3,(H,20,23). The second kappa shape index (κ2) is 7.63. The zero-order chi connectivity index (χ0) is 17.8. The number of aromatic nitrogens is 2. The van der Waals surface area contributed by atoms with Crippen molar-refractivity contribution in [2.75, 3.05) is 0 Å². The van der Waals surface area contributed by atoms with Gasteiger partial charge in [0.2, 0.25) is 0 Å². The number of ether oxygens (including phenoxy) is 1. The number of carbonyl (C=O) groups is 1. The summed E-state index contributed by atoms with van der Waals surface area (Å²) in [5.74, 6) is 0.853. The molecular formula is C17H15Cl2N3O3. The molecule has 1 aromatic carbocycles. The highest BCUT2D eigenvalue weighted by atomic mass is 35.5. The Bertz CT molecular complexity index is 889. The molecule has 0 saturated heterocycles. The zero-order valence-corrected chi connectivity index (χ0v) is 14.8. The van der Waals surface area contributed by atoms with Gasteiger partial charge in [0, 0.05) is 25.4 Å². The summed E-state index contributed by atoms with van der Waals surface area (Å²) < 4.78 is 12.7. The minimum atomic E-state index is -0.309. The van der Waals surface area contributed by atoms with Gasteiger partial charge < -0.3 is 14.5 Å². The summed E-state index contributed by atoms with van der Waals surface area (Å²) in [6.45, 7) is 0.507. The Morgan fingerprint density at radius 3 is 2.92 bits per heavy atom. The second-order valence-electron chi connectivity index (χ2n) is 5.31. The van der Waals surface area contributed by atoms with Crippen LogP contribution in [0.4, 0.5) is 0 Å². The van der Waals surface area contributed by atoms with Crippen LogP contribution in [-0.4, -0.2) is 15.7 Å². The SMILES string of the molecule is Cn1cc(CNC(=O)c2ccc(COc3cccc(Cl)c3Cl)o2)cn1. The van der Waals surface area contributed by atoms with Crippen LogP contribution in [0.2, 0.25) is 10.0 Å². The van der Waals surface area contributed by atoms with Crippen LogP contribution in [0.5, 0.6) is 5.75 Å². The molecule has 0 aliphatic heterocycles. The number of halogens is 2. The third-order valence-corrected chi connectivity index (χ3v) is 4.18. The Morgan fingerprint density at radius 2 is 2.16 bits per heavy atom. The lowest BCUT2D eigenvalue weighted by Gasteiger charge is -2.07. The quantitative estimate of drug-likeness (QED) is 0.706. The summed E-state index contributed by atoms with van der Waals surface area (Å²) in [6, 6.07) is 8.39. The Labute approximate surface area is 154 Å². The largest absolute Gasteiger partial charge is 0.484 e. The van der Waals surface area contributed by atoms with E-state index in [-0.39, 0.29) is 18.3 Å². The zero-order valence-electron chi connectivity index (χ0n) is 13.3. The van der Waals surface area contributed by atoms with E-state index in [0.29, 0.717) is 28.1 Å². The minimum Gasteiger partial charge on any atom is -0.484 e. The van der Waals surface area contributed by atoms with Crippen molar-refractivity contribution in [2.45, 2.75) is 13.2 Å². The van der Waals surface area contributed by atoms with Gasteiger partial charge in [-0.25, -0.2) is 0 Å². The van der Waals surface area contributed by atoms with Crippen LogP contribution < -0.4 is 10.1 Å². The summed E-state index contributed by atoms with van der Waals surface area (Å²) in [5.41, 5.74) is 0.904. The summed E-state index contributed by atoms with van der Waals surface area (Å²) >= 11 is 12.0. The highest BCUT2D eigenvalue weighted by molar-refractivity contribution is 6.42. The van der Waals surface area contributed by atoms with E-state index in [0.717, 1.165) is 5.56 Å². The van der Waals surface area contributed by atoms with Crippen molar-refractivity contribution in [2.24, 2.45) is 7.05 Å². The van der Waals surface area contributed by atoms with Crippen LogP contribution in [0.3, 0.4) is 0 Å². The fraction of sp³-hybridized carbons (Fsp3) is 0.176. The molecule has 0 saturated carbocycles. The highest BCUT2D eigenvalue weighted by Crippen LogP contribution is 2.32. The molecular weight excluding hydrogens is 365 g/mol. The number of nitrogens with zero attached hydrogens (tertiary/aromatic N) is 2. The molecule has 8 heteroatoms. The number of benzene rings is 1. The van der Waals surface area contributed by atoms with Crippen LogP contribution in [0, 0.1) is 0 Å². The normalized spacial score (nSPS) is 10.7. The number of carbonyl (C=O) groups excluding carboxylic acids is 1. The number of amides is 1. The summed E-state index contributed by atoms with van der Waals surface area (Å²) in [5, 5.41) is 7.56. The van der Waals surface area contributed by atoms with E-state index in [1.165, 1.54) is 0 Å². The van der Waals surface area contributed by atoms with Gasteiger partial charge in [0.1, 0.15) is 23.1 Å². The first-order valence-electron chi connectivity index (χ1n) is 7.44. The lowest BCUT2D eigenvalue weighted by atomic mass is 10.3. The molecule has 0 fully saturated rings. The van der Waals surface area contributed by atoms with E-state index in [1.807, 2.05) is 13.2 Å². The maximum atomic E-state index is 12.1. The van der Waals surface area contributed by atoms with E-state index in [4.69, 9.17) is 32.4 Å². The van der Waals surface area contributed by atoms with Gasteiger partial charge in [0.15, 0.2) is 5.76 Å². The Balaban J connectivity index is 1.56. The van der Waals surface area contributed by atoms with Crippen LogP contribution in [0.1, 0.15) is 21.9 Å². The van der Waals surface area contributed by atoms with E-state index in [9.17, 15) is 4.79 Å². The third kappa shape index (κ3) is 4.35. The summed E-state index contributed by atoms with van der Waals surface area (Å²) in [6.07, 6.45) is 3.52. The van der Waals surface area contributed by atoms with Crippen LogP contribution >= 0.6 is 23.2 Å². The number of hydrogen-bond acceptors (Lipinski definition) is 4. The van der Waals surface area contributed by atoms with Crippen molar-refractivity contribution >= 4 is 29.1 Å². The van der Waals surface area contributed by atoms with Crippen LogP contribution in [-0.2, 0) is 20.2 Å². The van der Waals surface area contributed by atoms with E-state index >= 15 is 0 Å². The van der Waals surface area contributed by atoms with Crippen molar-refractivity contribution < 1.29 is 13.9 Å². The van der Waals surface area contributed by atoms with Gasteiger partial charge in [-0.2, -0.15) is 5.10 Å². The molecule has 130 valence electrons. The average Bonchev–Trinajstić information content (AvgIpc) is 3.23. The molecule has 0 aliphatic rings. The van der Waals surface area contributed by atoms with Crippen LogP contribution in [0.15, 0.2) is 47.1 Å². The number of hydrogen-bond donors (Lipinski definition) is 1. The van der Waals surface area contributed by atoms with Crippen molar-refractivity contribution in [1.29, 1.82) is 0 Å². The molecule has 2 heterocycles. The molecule has 6 nitrogen and oxygen atoms in total. The lowest BCUT2D eigenvalue weighted by Crippen LogP contribution is -2.22. The van der Waals surface area contributed by atoms with Gasteiger partial charge in [-0.15, -0.1) is 0 Å². The van der Waals surface area contributed by atoms with Crippen LogP contribution in [0.25, 0.3) is 0 Å².